The predicted octanol–water partition coefficient (Wildman–Crippen LogP) is 3.84. The molecule has 3 aliphatic rings. The number of aromatic nitrogens is 2. The van der Waals surface area contributed by atoms with Gasteiger partial charge in [-0.05, 0) is 50.9 Å². The molecule has 2 aromatic heterocycles. The highest BCUT2D eigenvalue weighted by Crippen LogP contribution is 2.36. The third kappa shape index (κ3) is 2.98. The van der Waals surface area contributed by atoms with Gasteiger partial charge in [0.1, 0.15) is 10.4 Å². The fourth-order valence-corrected chi connectivity index (χ4v) is 6.18. The fourth-order valence-electron chi connectivity index (χ4n) is 4.13. The van der Waals surface area contributed by atoms with E-state index in [1.54, 1.807) is 5.51 Å². The van der Waals surface area contributed by atoms with Crippen molar-refractivity contribution in [3.8, 4) is 10.8 Å². The molecule has 3 fully saturated rings. The Balaban J connectivity index is 1.47. The maximum atomic E-state index is 13.1. The van der Waals surface area contributed by atoms with Gasteiger partial charge in [-0.1, -0.05) is 28.7 Å². The number of aryl methyl sites for hydroxylation is 1. The van der Waals surface area contributed by atoms with Crippen LogP contribution in [0.4, 0.5) is 0 Å². The molecule has 0 spiro atoms. The highest BCUT2D eigenvalue weighted by molar-refractivity contribution is 14.1. The molecule has 0 aliphatic carbocycles. The van der Waals surface area contributed by atoms with E-state index >= 15 is 0 Å². The molecule has 2 atom stereocenters. The number of oxazole rings is 1. The standard InChI is InChI=1S/C19H19IN4O2S/c1-10-16(27-9-21-10)19-23-15-12(3-2-4-13(15)26-19)18(25)22-14-11-5-7-24(8-6-11)17(14)20/h2-4,9,11,14,17H,5-8H2,1H3,(H,22,25). The monoisotopic (exact) mass is 494 g/mol. The highest BCUT2D eigenvalue weighted by Gasteiger charge is 2.41. The average Bonchev–Trinajstić information content (AvgIpc) is 3.30. The van der Waals surface area contributed by atoms with Crippen LogP contribution < -0.4 is 5.32 Å². The van der Waals surface area contributed by atoms with Crippen molar-refractivity contribution in [2.24, 2.45) is 5.92 Å². The summed E-state index contributed by atoms with van der Waals surface area (Å²) in [7, 11) is 0. The third-order valence-corrected chi connectivity index (χ3v) is 8.11. The van der Waals surface area contributed by atoms with E-state index in [0.29, 0.717) is 32.5 Å². The summed E-state index contributed by atoms with van der Waals surface area (Å²) in [5.41, 5.74) is 4.48. The Morgan fingerprint density at radius 1 is 1.37 bits per heavy atom. The van der Waals surface area contributed by atoms with Gasteiger partial charge in [0, 0.05) is 0 Å². The normalized spacial score (nSPS) is 27.2. The van der Waals surface area contributed by atoms with E-state index in [1.807, 2.05) is 25.1 Å². The largest absolute Gasteiger partial charge is 0.435 e. The van der Waals surface area contributed by atoms with Gasteiger partial charge >= 0.3 is 0 Å². The molecule has 3 saturated heterocycles. The lowest BCUT2D eigenvalue weighted by Gasteiger charge is -2.48. The molecular weight excluding hydrogens is 475 g/mol. The number of nitrogens with zero attached hydrogens (tertiary/aromatic N) is 3. The van der Waals surface area contributed by atoms with E-state index < -0.39 is 0 Å². The molecule has 8 heteroatoms. The second-order valence-electron chi connectivity index (χ2n) is 7.18. The minimum atomic E-state index is -0.0677. The van der Waals surface area contributed by atoms with Crippen LogP contribution in [0, 0.1) is 12.8 Å². The third-order valence-electron chi connectivity index (χ3n) is 5.63. The van der Waals surface area contributed by atoms with Crippen molar-refractivity contribution in [3.63, 3.8) is 0 Å². The number of piperidine rings is 3. The number of benzene rings is 1. The van der Waals surface area contributed by atoms with Gasteiger partial charge in [0.25, 0.3) is 5.91 Å². The van der Waals surface area contributed by atoms with Crippen LogP contribution in [-0.4, -0.2) is 44.0 Å². The zero-order valence-electron chi connectivity index (χ0n) is 14.8. The van der Waals surface area contributed by atoms with E-state index in [1.165, 1.54) is 11.3 Å². The van der Waals surface area contributed by atoms with Gasteiger partial charge in [-0.3, -0.25) is 9.69 Å². The summed E-state index contributed by atoms with van der Waals surface area (Å²) in [4.78, 5) is 25.3. The van der Waals surface area contributed by atoms with E-state index in [0.717, 1.165) is 36.5 Å². The van der Waals surface area contributed by atoms with Crippen LogP contribution in [0.1, 0.15) is 28.9 Å². The Hall–Kier alpha value is -1.52. The number of para-hydroxylation sites is 1. The van der Waals surface area contributed by atoms with Gasteiger partial charge in [0.15, 0.2) is 5.58 Å². The number of nitrogens with one attached hydrogen (secondary N) is 1. The molecule has 6 nitrogen and oxygen atoms in total. The lowest BCUT2D eigenvalue weighted by Crippen LogP contribution is -2.61. The molecule has 5 heterocycles. The van der Waals surface area contributed by atoms with Crippen molar-refractivity contribution in [2.75, 3.05) is 13.1 Å². The van der Waals surface area contributed by atoms with Crippen LogP contribution in [0.5, 0.6) is 0 Å². The maximum Gasteiger partial charge on any atom is 0.253 e. The summed E-state index contributed by atoms with van der Waals surface area (Å²) in [6, 6.07) is 5.72. The van der Waals surface area contributed by atoms with Crippen LogP contribution >= 0.6 is 33.9 Å². The number of halogens is 1. The van der Waals surface area contributed by atoms with E-state index in [4.69, 9.17) is 4.42 Å². The average molecular weight is 494 g/mol. The molecule has 27 heavy (non-hydrogen) atoms. The molecule has 2 unspecified atom stereocenters. The molecule has 0 saturated carbocycles. The molecule has 3 aromatic rings. The second kappa shape index (κ2) is 6.82. The zero-order chi connectivity index (χ0) is 18.5. The lowest BCUT2D eigenvalue weighted by molar-refractivity contribution is 0.0554. The zero-order valence-corrected chi connectivity index (χ0v) is 17.8. The number of amides is 1. The number of carbonyl (C=O) groups excluding carboxylic acids is 1. The van der Waals surface area contributed by atoms with Gasteiger partial charge in [0.2, 0.25) is 5.89 Å². The summed E-state index contributed by atoms with van der Waals surface area (Å²) in [6.07, 6.45) is 2.32. The second-order valence-corrected chi connectivity index (χ2v) is 9.31. The minimum absolute atomic E-state index is 0.0677. The van der Waals surface area contributed by atoms with Crippen LogP contribution in [0.15, 0.2) is 28.1 Å². The number of thiazole rings is 1. The quantitative estimate of drug-likeness (QED) is 0.341. The van der Waals surface area contributed by atoms with Gasteiger partial charge in [-0.2, -0.15) is 0 Å². The Labute approximate surface area is 174 Å². The summed E-state index contributed by atoms with van der Waals surface area (Å²) < 4.78 is 6.27. The minimum Gasteiger partial charge on any atom is -0.435 e. The number of hydrogen-bond acceptors (Lipinski definition) is 6. The van der Waals surface area contributed by atoms with Crippen molar-refractivity contribution >= 4 is 50.9 Å². The van der Waals surface area contributed by atoms with Crippen LogP contribution in [0.3, 0.4) is 0 Å². The van der Waals surface area contributed by atoms with Crippen molar-refractivity contribution in [1.82, 2.24) is 20.2 Å². The van der Waals surface area contributed by atoms with Crippen LogP contribution in [-0.2, 0) is 0 Å². The highest BCUT2D eigenvalue weighted by atomic mass is 127. The molecule has 1 amide bonds. The molecular formula is C19H19IN4O2S. The summed E-state index contributed by atoms with van der Waals surface area (Å²) >= 11 is 3.96. The van der Waals surface area contributed by atoms with Crippen LogP contribution in [0.2, 0.25) is 0 Å². The van der Waals surface area contributed by atoms with Gasteiger partial charge < -0.3 is 9.73 Å². The van der Waals surface area contributed by atoms with E-state index in [-0.39, 0.29) is 11.9 Å². The molecule has 2 bridgehead atoms. The topological polar surface area (TPSA) is 71.3 Å². The predicted molar refractivity (Wildman–Crippen MR) is 113 cm³/mol. The first-order valence-electron chi connectivity index (χ1n) is 9.11. The van der Waals surface area contributed by atoms with Gasteiger partial charge in [-0.25, -0.2) is 9.97 Å². The first-order chi connectivity index (χ1) is 13.1. The van der Waals surface area contributed by atoms with Gasteiger partial charge in [-0.15, -0.1) is 11.3 Å². The smallest absolute Gasteiger partial charge is 0.253 e. The molecule has 3 aliphatic heterocycles. The van der Waals surface area contributed by atoms with Crippen molar-refractivity contribution in [1.29, 1.82) is 0 Å². The number of alkyl halides is 1. The Morgan fingerprint density at radius 3 is 2.89 bits per heavy atom. The maximum absolute atomic E-state index is 13.1. The first-order valence-corrected chi connectivity index (χ1v) is 11.2. The SMILES string of the molecule is Cc1ncsc1-c1nc2c(C(=O)NC3C4CCN(CC4)C3I)cccc2o1. The number of hydrogen-bond donors (Lipinski definition) is 1. The molecule has 140 valence electrons. The summed E-state index contributed by atoms with van der Waals surface area (Å²) in [6.45, 7) is 4.21. The van der Waals surface area contributed by atoms with Crippen molar-refractivity contribution < 1.29 is 9.21 Å². The molecule has 0 radical (unpaired) electrons. The van der Waals surface area contributed by atoms with Crippen molar-refractivity contribution in [3.05, 3.63) is 35.0 Å². The molecule has 1 N–H and O–H groups in total. The van der Waals surface area contributed by atoms with E-state index in [2.05, 4.69) is 42.8 Å². The number of fused-ring (bicyclic) bond motifs is 4. The fraction of sp³-hybridized carbons (Fsp3) is 0.421. The number of carbonyl (C=O) groups is 1. The molecule has 6 rings (SSSR count). The summed E-state index contributed by atoms with van der Waals surface area (Å²) in [5, 5.41) is 3.28. The Kier molecular flexibility index (Phi) is 4.44. The van der Waals surface area contributed by atoms with Crippen LogP contribution in [0.25, 0.3) is 21.9 Å². The molecule has 1 aromatic carbocycles. The van der Waals surface area contributed by atoms with Gasteiger partial charge in [0.05, 0.1) is 26.9 Å². The Bertz CT molecular complexity index is 1010. The number of rotatable bonds is 3. The van der Waals surface area contributed by atoms with E-state index in [9.17, 15) is 4.79 Å². The first kappa shape index (κ1) is 17.6. The summed E-state index contributed by atoms with van der Waals surface area (Å²) in [5.74, 6) is 1.02. The van der Waals surface area contributed by atoms with Crippen molar-refractivity contribution in [2.45, 2.75) is 29.9 Å². The lowest BCUT2D eigenvalue weighted by atomic mass is 9.84. The Morgan fingerprint density at radius 2 is 2.19 bits per heavy atom.